The normalized spacial score (nSPS) is 25.0. The molecule has 1 unspecified atom stereocenters. The van der Waals surface area contributed by atoms with Crippen LogP contribution < -0.4 is 4.90 Å². The maximum absolute atomic E-state index is 6.21. The first-order valence-corrected chi connectivity index (χ1v) is 10.2. The number of halogens is 1. The number of aromatic nitrogens is 2. The highest BCUT2D eigenvalue weighted by Crippen LogP contribution is 2.35. The van der Waals surface area contributed by atoms with E-state index in [0.29, 0.717) is 18.2 Å². The summed E-state index contributed by atoms with van der Waals surface area (Å²) in [7, 11) is 0. The molecule has 0 radical (unpaired) electrons. The summed E-state index contributed by atoms with van der Waals surface area (Å²) in [5, 5.41) is 0.712. The van der Waals surface area contributed by atoms with E-state index in [9.17, 15) is 0 Å². The van der Waals surface area contributed by atoms with Gasteiger partial charge in [0.2, 0.25) is 0 Å². The summed E-state index contributed by atoms with van der Waals surface area (Å²) >= 11 is 6.21. The van der Waals surface area contributed by atoms with Crippen LogP contribution in [0.25, 0.3) is 11.4 Å². The minimum absolute atomic E-state index is 0.180. The highest BCUT2D eigenvalue weighted by molar-refractivity contribution is 6.30. The van der Waals surface area contributed by atoms with Gasteiger partial charge in [-0.25, -0.2) is 9.97 Å². The molecular formula is C21H24ClN3O2. The van der Waals surface area contributed by atoms with E-state index >= 15 is 0 Å². The number of nitrogens with zero attached hydrogens (tertiary/aromatic N) is 3. The quantitative estimate of drug-likeness (QED) is 0.789. The van der Waals surface area contributed by atoms with E-state index in [1.165, 1.54) is 24.1 Å². The Bertz CT molecular complexity index is 851. The van der Waals surface area contributed by atoms with Crippen LogP contribution in [0.15, 0.2) is 24.3 Å². The Labute approximate surface area is 164 Å². The fourth-order valence-electron chi connectivity index (χ4n) is 4.45. The molecule has 0 N–H and O–H groups in total. The van der Waals surface area contributed by atoms with Crippen molar-refractivity contribution in [2.75, 3.05) is 37.8 Å². The average molecular weight is 386 g/mol. The lowest BCUT2D eigenvalue weighted by Crippen LogP contribution is -2.53. The first-order chi connectivity index (χ1) is 13.2. The first kappa shape index (κ1) is 17.4. The molecule has 2 saturated heterocycles. The maximum Gasteiger partial charge on any atom is 0.161 e. The Hall–Kier alpha value is -1.69. The monoisotopic (exact) mass is 385 g/mol. The SMILES string of the molecule is Clc1cccc(-c2nc3c(c(N4CCOC5(CCOC5)C4)n2)CCCC3)c1. The molecule has 0 saturated carbocycles. The summed E-state index contributed by atoms with van der Waals surface area (Å²) in [5.41, 5.74) is 3.32. The van der Waals surface area contributed by atoms with Crippen molar-refractivity contribution in [1.29, 1.82) is 0 Å². The average Bonchev–Trinajstić information content (AvgIpc) is 3.14. The van der Waals surface area contributed by atoms with Crippen molar-refractivity contribution in [3.05, 3.63) is 40.5 Å². The Balaban J connectivity index is 1.57. The third-order valence-electron chi connectivity index (χ3n) is 5.86. The van der Waals surface area contributed by atoms with Crippen molar-refractivity contribution < 1.29 is 9.47 Å². The number of ether oxygens (including phenoxy) is 2. The molecule has 0 bridgehead atoms. The Kier molecular flexibility index (Phi) is 4.54. The van der Waals surface area contributed by atoms with Crippen LogP contribution in [-0.4, -0.2) is 48.5 Å². The van der Waals surface area contributed by atoms with Gasteiger partial charge in [0.15, 0.2) is 5.82 Å². The number of hydrogen-bond donors (Lipinski definition) is 0. The van der Waals surface area contributed by atoms with E-state index in [-0.39, 0.29) is 5.60 Å². The van der Waals surface area contributed by atoms with E-state index in [2.05, 4.69) is 4.90 Å². The molecule has 2 aromatic rings. The van der Waals surface area contributed by atoms with Crippen molar-refractivity contribution in [2.24, 2.45) is 0 Å². The summed E-state index contributed by atoms with van der Waals surface area (Å²) in [6.07, 6.45) is 5.44. The molecule has 1 aliphatic carbocycles. The smallest absolute Gasteiger partial charge is 0.161 e. The van der Waals surface area contributed by atoms with Crippen LogP contribution in [0.1, 0.15) is 30.5 Å². The second-order valence-corrected chi connectivity index (χ2v) is 8.21. The van der Waals surface area contributed by atoms with Crippen LogP contribution in [0, 0.1) is 0 Å². The zero-order chi connectivity index (χ0) is 18.3. The van der Waals surface area contributed by atoms with Crippen molar-refractivity contribution in [3.8, 4) is 11.4 Å². The number of morpholine rings is 1. The second-order valence-electron chi connectivity index (χ2n) is 7.77. The number of fused-ring (bicyclic) bond motifs is 1. The number of rotatable bonds is 2. The van der Waals surface area contributed by atoms with Crippen molar-refractivity contribution in [1.82, 2.24) is 9.97 Å². The fourth-order valence-corrected chi connectivity index (χ4v) is 4.64. The van der Waals surface area contributed by atoms with Gasteiger partial charge < -0.3 is 14.4 Å². The third-order valence-corrected chi connectivity index (χ3v) is 6.09. The van der Waals surface area contributed by atoms with Gasteiger partial charge in [-0.3, -0.25) is 0 Å². The van der Waals surface area contributed by atoms with Crippen molar-refractivity contribution >= 4 is 17.4 Å². The van der Waals surface area contributed by atoms with E-state index in [1.54, 1.807) is 0 Å². The molecule has 27 heavy (non-hydrogen) atoms. The summed E-state index contributed by atoms with van der Waals surface area (Å²) in [6.45, 7) is 3.88. The van der Waals surface area contributed by atoms with E-state index < -0.39 is 0 Å². The number of anilines is 1. The molecule has 5 nitrogen and oxygen atoms in total. The maximum atomic E-state index is 6.21. The lowest BCUT2D eigenvalue weighted by Gasteiger charge is -2.41. The molecule has 3 heterocycles. The lowest BCUT2D eigenvalue weighted by molar-refractivity contribution is -0.0581. The van der Waals surface area contributed by atoms with E-state index in [0.717, 1.165) is 56.2 Å². The zero-order valence-corrected chi connectivity index (χ0v) is 16.2. The highest BCUT2D eigenvalue weighted by atomic mass is 35.5. The van der Waals surface area contributed by atoms with Crippen LogP contribution in [0.5, 0.6) is 0 Å². The van der Waals surface area contributed by atoms with Crippen LogP contribution in [0.4, 0.5) is 5.82 Å². The molecule has 1 aromatic carbocycles. The van der Waals surface area contributed by atoms with Gasteiger partial charge in [-0.15, -0.1) is 0 Å². The summed E-state index contributed by atoms with van der Waals surface area (Å²) in [5.74, 6) is 1.86. The van der Waals surface area contributed by atoms with E-state index in [4.69, 9.17) is 31.0 Å². The van der Waals surface area contributed by atoms with Crippen LogP contribution >= 0.6 is 11.6 Å². The molecule has 1 aromatic heterocycles. The number of aryl methyl sites for hydroxylation is 1. The Morgan fingerprint density at radius 1 is 1.11 bits per heavy atom. The van der Waals surface area contributed by atoms with Gasteiger partial charge in [0.25, 0.3) is 0 Å². The number of benzene rings is 1. The summed E-state index contributed by atoms with van der Waals surface area (Å²) in [4.78, 5) is 12.4. The zero-order valence-electron chi connectivity index (χ0n) is 15.4. The Morgan fingerprint density at radius 2 is 2.04 bits per heavy atom. The van der Waals surface area contributed by atoms with Gasteiger partial charge >= 0.3 is 0 Å². The van der Waals surface area contributed by atoms with Gasteiger partial charge in [-0.1, -0.05) is 23.7 Å². The molecule has 1 spiro atoms. The lowest BCUT2D eigenvalue weighted by atomic mass is 9.94. The third kappa shape index (κ3) is 3.33. The summed E-state index contributed by atoms with van der Waals surface area (Å²) in [6, 6.07) is 7.82. The van der Waals surface area contributed by atoms with Gasteiger partial charge in [-0.2, -0.15) is 0 Å². The fraction of sp³-hybridized carbons (Fsp3) is 0.524. The largest absolute Gasteiger partial charge is 0.378 e. The molecule has 5 rings (SSSR count). The molecule has 0 amide bonds. The predicted molar refractivity (Wildman–Crippen MR) is 105 cm³/mol. The molecule has 142 valence electrons. The standard InChI is InChI=1S/C21H24ClN3O2/c22-16-5-3-4-15(12-16)19-23-18-7-2-1-6-17(18)20(24-19)25-9-11-27-21(13-25)8-10-26-14-21/h3-5,12H,1-2,6-11,13-14H2. The van der Waals surface area contributed by atoms with Crippen LogP contribution in [0.2, 0.25) is 5.02 Å². The van der Waals surface area contributed by atoms with Gasteiger partial charge in [0, 0.05) is 41.4 Å². The van der Waals surface area contributed by atoms with Crippen LogP contribution in [0.3, 0.4) is 0 Å². The predicted octanol–water partition coefficient (Wildman–Crippen LogP) is 3.67. The van der Waals surface area contributed by atoms with Crippen molar-refractivity contribution in [3.63, 3.8) is 0 Å². The minimum atomic E-state index is -0.180. The topological polar surface area (TPSA) is 47.5 Å². The molecule has 2 aliphatic heterocycles. The summed E-state index contributed by atoms with van der Waals surface area (Å²) < 4.78 is 11.8. The van der Waals surface area contributed by atoms with Crippen molar-refractivity contribution in [2.45, 2.75) is 37.7 Å². The number of hydrogen-bond acceptors (Lipinski definition) is 5. The molecule has 6 heteroatoms. The molecule has 1 atom stereocenters. The Morgan fingerprint density at radius 3 is 2.89 bits per heavy atom. The van der Waals surface area contributed by atoms with Gasteiger partial charge in [0.1, 0.15) is 11.4 Å². The van der Waals surface area contributed by atoms with Gasteiger partial charge in [-0.05, 0) is 37.8 Å². The van der Waals surface area contributed by atoms with Crippen LogP contribution in [-0.2, 0) is 22.3 Å². The molecule has 2 fully saturated rings. The first-order valence-electron chi connectivity index (χ1n) is 9.85. The van der Waals surface area contributed by atoms with E-state index in [1.807, 2.05) is 24.3 Å². The second kappa shape index (κ2) is 7.04. The minimum Gasteiger partial charge on any atom is -0.378 e. The molecular weight excluding hydrogens is 362 g/mol. The highest BCUT2D eigenvalue weighted by Gasteiger charge is 2.41. The molecule has 3 aliphatic rings. The van der Waals surface area contributed by atoms with Gasteiger partial charge in [0.05, 0.1) is 19.8 Å².